The van der Waals surface area contributed by atoms with Gasteiger partial charge in [-0.1, -0.05) is 0 Å². The number of likely N-dealkylation sites (tertiary alicyclic amines) is 1. The van der Waals surface area contributed by atoms with E-state index in [1.54, 1.807) is 9.62 Å². The lowest BCUT2D eigenvalue weighted by Gasteiger charge is -2.39. The van der Waals surface area contributed by atoms with Gasteiger partial charge in [-0.3, -0.25) is 4.79 Å². The molecule has 1 aromatic carbocycles. The predicted molar refractivity (Wildman–Crippen MR) is 86.8 cm³/mol. The van der Waals surface area contributed by atoms with E-state index in [0.29, 0.717) is 29.5 Å². The number of halogens is 4. The smallest absolute Gasteiger partial charge is 0.389 e. The summed E-state index contributed by atoms with van der Waals surface area (Å²) in [7, 11) is -4.26. The molecule has 0 bridgehead atoms. The maximum atomic E-state index is 14.4. The average Bonchev–Trinajstić information content (AvgIpc) is 2.72. The molecule has 0 saturated carbocycles. The molecule has 2 N–H and O–H groups in total. The summed E-state index contributed by atoms with van der Waals surface area (Å²) < 4.78 is 76.9. The van der Waals surface area contributed by atoms with Crippen LogP contribution >= 0.6 is 0 Å². The number of nitrogens with zero attached hydrogens (tertiary/aromatic N) is 2. The first-order valence-electron chi connectivity index (χ1n) is 8.08. The molecule has 0 aromatic heterocycles. The van der Waals surface area contributed by atoms with E-state index in [-0.39, 0.29) is 6.42 Å². The van der Waals surface area contributed by atoms with Gasteiger partial charge in [0.1, 0.15) is 18.0 Å². The first kappa shape index (κ1) is 19.7. The second-order valence-electron chi connectivity index (χ2n) is 6.68. The van der Waals surface area contributed by atoms with E-state index in [2.05, 4.69) is 0 Å². The molecule has 7 nitrogen and oxygen atoms in total. The van der Waals surface area contributed by atoms with Gasteiger partial charge in [0, 0.05) is 26.1 Å². The number of alkyl halides is 3. The SMILES string of the molecule is O=C1CN(c2c(O)cc(CCN3CC(CC(F)(F)F)C3)cc2F)S(=O)(=O)N1. The molecule has 1 aromatic rings. The van der Waals surface area contributed by atoms with Crippen molar-refractivity contribution in [3.8, 4) is 5.75 Å². The maximum absolute atomic E-state index is 14.4. The van der Waals surface area contributed by atoms with Gasteiger partial charge in [-0.05, 0) is 30.0 Å². The average molecular weight is 411 g/mol. The number of rotatable bonds is 5. The number of phenolic OH excluding ortho intramolecular Hbond substituents is 1. The Hall–Kier alpha value is -2.08. The molecule has 150 valence electrons. The van der Waals surface area contributed by atoms with E-state index in [0.717, 1.165) is 6.07 Å². The van der Waals surface area contributed by atoms with Crippen molar-refractivity contribution in [1.82, 2.24) is 9.62 Å². The molecular weight excluding hydrogens is 394 g/mol. The quantitative estimate of drug-likeness (QED) is 0.710. The van der Waals surface area contributed by atoms with Gasteiger partial charge >= 0.3 is 16.4 Å². The summed E-state index contributed by atoms with van der Waals surface area (Å²) in [6.45, 7) is 0.340. The van der Waals surface area contributed by atoms with Crippen LogP contribution in [-0.4, -0.2) is 56.7 Å². The zero-order valence-corrected chi connectivity index (χ0v) is 14.8. The third kappa shape index (κ3) is 4.43. The highest BCUT2D eigenvalue weighted by Gasteiger charge is 2.38. The Labute approximate surface area is 152 Å². The molecule has 1 amide bonds. The van der Waals surface area contributed by atoms with Crippen molar-refractivity contribution in [3.05, 3.63) is 23.5 Å². The van der Waals surface area contributed by atoms with E-state index >= 15 is 0 Å². The molecule has 0 atom stereocenters. The Balaban J connectivity index is 1.62. The number of amides is 1. The zero-order chi connectivity index (χ0) is 20.0. The number of aromatic hydroxyl groups is 1. The van der Waals surface area contributed by atoms with Crippen LogP contribution < -0.4 is 9.03 Å². The molecule has 27 heavy (non-hydrogen) atoms. The van der Waals surface area contributed by atoms with Crippen molar-refractivity contribution in [2.45, 2.75) is 19.0 Å². The first-order chi connectivity index (χ1) is 12.4. The Morgan fingerprint density at radius 1 is 1.26 bits per heavy atom. The molecule has 2 heterocycles. The standard InChI is InChI=1S/C15H17F4N3O4S/c16-11-3-9(1-2-21-6-10(7-21)5-15(17,18)19)4-12(23)14(11)22-8-13(24)20-27(22,25)26/h3-4,10,23H,1-2,5-8H2,(H,20,24). The molecule has 0 spiro atoms. The molecule has 2 aliphatic heterocycles. The van der Waals surface area contributed by atoms with Crippen molar-refractivity contribution in [1.29, 1.82) is 0 Å². The number of carbonyl (C=O) groups is 1. The van der Waals surface area contributed by atoms with E-state index in [1.807, 2.05) is 0 Å². The van der Waals surface area contributed by atoms with Gasteiger partial charge in [0.05, 0.1) is 0 Å². The minimum atomic E-state index is -4.26. The third-order valence-electron chi connectivity index (χ3n) is 4.44. The van der Waals surface area contributed by atoms with Crippen LogP contribution in [0.3, 0.4) is 0 Å². The van der Waals surface area contributed by atoms with Gasteiger partial charge in [-0.2, -0.15) is 21.6 Å². The molecule has 2 aliphatic rings. The van der Waals surface area contributed by atoms with Crippen LogP contribution in [0.4, 0.5) is 23.2 Å². The largest absolute Gasteiger partial charge is 0.506 e. The Morgan fingerprint density at radius 3 is 2.44 bits per heavy atom. The van der Waals surface area contributed by atoms with Crippen molar-refractivity contribution in [3.63, 3.8) is 0 Å². The molecule has 0 aliphatic carbocycles. The number of carbonyl (C=O) groups excluding carboxylic acids is 1. The molecule has 12 heteroatoms. The number of benzene rings is 1. The van der Waals surface area contributed by atoms with E-state index in [9.17, 15) is 35.9 Å². The van der Waals surface area contributed by atoms with Crippen LogP contribution in [0.5, 0.6) is 5.75 Å². The fraction of sp³-hybridized carbons (Fsp3) is 0.533. The molecule has 2 saturated heterocycles. The van der Waals surface area contributed by atoms with Gasteiger partial charge in [0.15, 0.2) is 5.82 Å². The zero-order valence-electron chi connectivity index (χ0n) is 14.0. The highest BCUT2D eigenvalue weighted by molar-refractivity contribution is 7.92. The van der Waals surface area contributed by atoms with E-state index in [1.165, 1.54) is 6.07 Å². The van der Waals surface area contributed by atoms with Crippen molar-refractivity contribution >= 4 is 21.8 Å². The van der Waals surface area contributed by atoms with Crippen LogP contribution in [0, 0.1) is 11.7 Å². The number of hydrogen-bond donors (Lipinski definition) is 2. The number of nitrogens with one attached hydrogen (secondary N) is 1. The number of hydrogen-bond acceptors (Lipinski definition) is 5. The van der Waals surface area contributed by atoms with Crippen LogP contribution in [0.15, 0.2) is 12.1 Å². The minimum absolute atomic E-state index is 0.271. The third-order valence-corrected chi connectivity index (χ3v) is 5.82. The highest BCUT2D eigenvalue weighted by Crippen LogP contribution is 2.35. The van der Waals surface area contributed by atoms with Crippen molar-refractivity contribution in [2.75, 3.05) is 30.5 Å². The van der Waals surface area contributed by atoms with Gasteiger partial charge < -0.3 is 10.0 Å². The predicted octanol–water partition coefficient (Wildman–Crippen LogP) is 1.14. The summed E-state index contributed by atoms with van der Waals surface area (Å²) in [5.74, 6) is -2.93. The fourth-order valence-corrected chi connectivity index (χ4v) is 4.45. The highest BCUT2D eigenvalue weighted by atomic mass is 32.2. The molecule has 0 radical (unpaired) electrons. The van der Waals surface area contributed by atoms with Crippen LogP contribution in [0.2, 0.25) is 0 Å². The van der Waals surface area contributed by atoms with E-state index in [4.69, 9.17) is 0 Å². The normalized spacial score (nSPS) is 20.6. The fourth-order valence-electron chi connectivity index (χ4n) is 3.28. The molecule has 3 rings (SSSR count). The molecule has 0 unspecified atom stereocenters. The van der Waals surface area contributed by atoms with Crippen LogP contribution in [0.1, 0.15) is 12.0 Å². The lowest BCUT2D eigenvalue weighted by Crippen LogP contribution is -2.48. The lowest BCUT2D eigenvalue weighted by atomic mass is 9.95. The summed E-state index contributed by atoms with van der Waals surface area (Å²) in [5, 5.41) is 10.0. The van der Waals surface area contributed by atoms with E-state index < -0.39 is 58.4 Å². The Kier molecular flexibility index (Phi) is 4.97. The monoisotopic (exact) mass is 411 g/mol. The minimum Gasteiger partial charge on any atom is -0.506 e. The summed E-state index contributed by atoms with van der Waals surface area (Å²) in [6.07, 6.45) is -4.74. The van der Waals surface area contributed by atoms with Gasteiger partial charge in [0.2, 0.25) is 0 Å². The maximum Gasteiger partial charge on any atom is 0.389 e. The van der Waals surface area contributed by atoms with Crippen molar-refractivity contribution < 1.29 is 35.9 Å². The summed E-state index contributed by atoms with van der Waals surface area (Å²) in [5.41, 5.74) is -0.254. The van der Waals surface area contributed by atoms with Gasteiger partial charge in [-0.25, -0.2) is 13.4 Å². The van der Waals surface area contributed by atoms with Gasteiger partial charge in [0.25, 0.3) is 5.91 Å². The number of anilines is 1. The van der Waals surface area contributed by atoms with Crippen molar-refractivity contribution in [2.24, 2.45) is 5.92 Å². The first-order valence-corrected chi connectivity index (χ1v) is 9.52. The second-order valence-corrected chi connectivity index (χ2v) is 8.27. The topological polar surface area (TPSA) is 90.0 Å². The summed E-state index contributed by atoms with van der Waals surface area (Å²) >= 11 is 0. The second kappa shape index (κ2) is 6.82. The number of phenols is 1. The van der Waals surface area contributed by atoms with Crippen LogP contribution in [0.25, 0.3) is 0 Å². The Bertz CT molecular complexity index is 830. The molecular formula is C15H17F4N3O4S. The molecule has 2 fully saturated rings. The van der Waals surface area contributed by atoms with Crippen LogP contribution in [-0.2, 0) is 21.4 Å². The van der Waals surface area contributed by atoms with Gasteiger partial charge in [-0.15, -0.1) is 0 Å². The summed E-state index contributed by atoms with van der Waals surface area (Å²) in [6, 6.07) is 2.23. The lowest BCUT2D eigenvalue weighted by molar-refractivity contribution is -0.155. The summed E-state index contributed by atoms with van der Waals surface area (Å²) in [4.78, 5) is 13.0. The Morgan fingerprint density at radius 2 is 1.93 bits per heavy atom.